The van der Waals surface area contributed by atoms with Crippen molar-refractivity contribution in [2.24, 2.45) is 0 Å². The number of aryl methyl sites for hydroxylation is 1. The fourth-order valence-corrected chi connectivity index (χ4v) is 2.44. The molecule has 0 aliphatic heterocycles. The number of hydrogen-bond acceptors (Lipinski definition) is 2. The summed E-state index contributed by atoms with van der Waals surface area (Å²) >= 11 is 0. The van der Waals surface area contributed by atoms with Crippen molar-refractivity contribution in [1.82, 2.24) is 10.2 Å². The first-order chi connectivity index (χ1) is 9.08. The van der Waals surface area contributed by atoms with E-state index in [1.807, 2.05) is 0 Å². The molecular weight excluding hydrogens is 232 g/mol. The van der Waals surface area contributed by atoms with Gasteiger partial charge in [0.15, 0.2) is 0 Å². The molecule has 0 aliphatic rings. The van der Waals surface area contributed by atoms with E-state index in [4.69, 9.17) is 0 Å². The quantitative estimate of drug-likeness (QED) is 0.767. The summed E-state index contributed by atoms with van der Waals surface area (Å²) in [5, 5.41) is 3.60. The zero-order valence-corrected chi connectivity index (χ0v) is 13.2. The van der Waals surface area contributed by atoms with Crippen molar-refractivity contribution in [3.8, 4) is 0 Å². The molecule has 0 spiro atoms. The molecule has 0 radical (unpaired) electrons. The summed E-state index contributed by atoms with van der Waals surface area (Å²) in [6.45, 7) is 11.0. The van der Waals surface area contributed by atoms with Gasteiger partial charge in [-0.15, -0.1) is 0 Å². The van der Waals surface area contributed by atoms with E-state index in [1.54, 1.807) is 0 Å². The molecule has 0 saturated heterocycles. The lowest BCUT2D eigenvalue weighted by molar-refractivity contribution is 0.219. The molecule has 19 heavy (non-hydrogen) atoms. The van der Waals surface area contributed by atoms with Crippen molar-refractivity contribution in [2.45, 2.75) is 52.6 Å². The van der Waals surface area contributed by atoms with Crippen LogP contribution in [0.5, 0.6) is 0 Å². The van der Waals surface area contributed by atoms with Crippen LogP contribution >= 0.6 is 0 Å². The van der Waals surface area contributed by atoms with Gasteiger partial charge in [0.2, 0.25) is 0 Å². The lowest BCUT2D eigenvalue weighted by atomic mass is 10.0. The van der Waals surface area contributed by atoms with Gasteiger partial charge in [0.1, 0.15) is 0 Å². The molecule has 1 rings (SSSR count). The first kappa shape index (κ1) is 16.2. The lowest BCUT2D eigenvalue weighted by Crippen LogP contribution is -2.37. The van der Waals surface area contributed by atoms with Crippen LogP contribution in [-0.2, 0) is 0 Å². The van der Waals surface area contributed by atoms with Crippen molar-refractivity contribution in [3.63, 3.8) is 0 Å². The number of nitrogens with one attached hydrogen (secondary N) is 1. The second-order valence-electron chi connectivity index (χ2n) is 5.60. The standard InChI is InChI=1S/C17H30N2/c1-6-8-15(4)19(5)13-17(18-7-2)16-11-9-14(3)10-12-16/h9-12,15,17-18H,6-8,13H2,1-5H3. The highest BCUT2D eigenvalue weighted by Gasteiger charge is 2.16. The van der Waals surface area contributed by atoms with Crippen molar-refractivity contribution in [3.05, 3.63) is 35.4 Å². The fourth-order valence-electron chi connectivity index (χ4n) is 2.44. The molecule has 0 aromatic heterocycles. The Labute approximate surface area is 119 Å². The topological polar surface area (TPSA) is 15.3 Å². The highest BCUT2D eigenvalue weighted by molar-refractivity contribution is 5.24. The second-order valence-corrected chi connectivity index (χ2v) is 5.60. The minimum Gasteiger partial charge on any atom is -0.309 e. The minimum absolute atomic E-state index is 0.426. The first-order valence-corrected chi connectivity index (χ1v) is 7.58. The van der Waals surface area contributed by atoms with Crippen LogP contribution in [0.4, 0.5) is 0 Å². The summed E-state index contributed by atoms with van der Waals surface area (Å²) in [6.07, 6.45) is 2.52. The normalized spacial score (nSPS) is 14.6. The van der Waals surface area contributed by atoms with E-state index in [1.165, 1.54) is 24.0 Å². The number of hydrogen-bond donors (Lipinski definition) is 1. The van der Waals surface area contributed by atoms with Crippen molar-refractivity contribution in [1.29, 1.82) is 0 Å². The molecule has 1 aromatic carbocycles. The Kier molecular flexibility index (Phi) is 7.11. The smallest absolute Gasteiger partial charge is 0.0449 e. The SMILES string of the molecule is CCCC(C)N(C)CC(NCC)c1ccc(C)cc1. The third-order valence-electron chi connectivity index (χ3n) is 3.86. The zero-order valence-electron chi connectivity index (χ0n) is 13.2. The Morgan fingerprint density at radius 2 is 1.79 bits per heavy atom. The summed E-state index contributed by atoms with van der Waals surface area (Å²) in [4.78, 5) is 2.47. The van der Waals surface area contributed by atoms with Crippen molar-refractivity contribution < 1.29 is 0 Å². The average Bonchev–Trinajstić information content (AvgIpc) is 2.39. The molecule has 2 unspecified atom stereocenters. The van der Waals surface area contributed by atoms with Gasteiger partial charge in [0.25, 0.3) is 0 Å². The van der Waals surface area contributed by atoms with Crippen LogP contribution in [0.15, 0.2) is 24.3 Å². The third-order valence-corrected chi connectivity index (χ3v) is 3.86. The highest BCUT2D eigenvalue weighted by Crippen LogP contribution is 2.17. The maximum Gasteiger partial charge on any atom is 0.0449 e. The highest BCUT2D eigenvalue weighted by atomic mass is 15.1. The molecule has 0 aliphatic carbocycles. The number of nitrogens with zero attached hydrogens (tertiary/aromatic N) is 1. The first-order valence-electron chi connectivity index (χ1n) is 7.58. The monoisotopic (exact) mass is 262 g/mol. The number of benzene rings is 1. The van der Waals surface area contributed by atoms with Gasteiger partial charge in [0.05, 0.1) is 0 Å². The molecule has 0 saturated carbocycles. The van der Waals surface area contributed by atoms with Crippen LogP contribution in [0.2, 0.25) is 0 Å². The largest absolute Gasteiger partial charge is 0.309 e. The molecule has 2 atom stereocenters. The van der Waals surface area contributed by atoms with Gasteiger partial charge in [-0.1, -0.05) is 50.1 Å². The molecule has 0 amide bonds. The van der Waals surface area contributed by atoms with E-state index in [9.17, 15) is 0 Å². The van der Waals surface area contributed by atoms with Crippen LogP contribution in [-0.4, -0.2) is 31.1 Å². The van der Waals surface area contributed by atoms with E-state index in [0.717, 1.165) is 13.1 Å². The maximum atomic E-state index is 3.60. The summed E-state index contributed by atoms with van der Waals surface area (Å²) in [6, 6.07) is 9.98. The van der Waals surface area contributed by atoms with Gasteiger partial charge in [-0.2, -0.15) is 0 Å². The summed E-state index contributed by atoms with van der Waals surface area (Å²) in [5.41, 5.74) is 2.72. The number of likely N-dealkylation sites (N-methyl/N-ethyl adjacent to an activating group) is 2. The molecular formula is C17H30N2. The molecule has 1 aromatic rings. The van der Waals surface area contributed by atoms with Gasteiger partial charge in [-0.05, 0) is 39.4 Å². The van der Waals surface area contributed by atoms with E-state index >= 15 is 0 Å². The Balaban J connectivity index is 2.69. The maximum absolute atomic E-state index is 3.60. The molecule has 108 valence electrons. The van der Waals surface area contributed by atoms with Gasteiger partial charge in [0, 0.05) is 18.6 Å². The van der Waals surface area contributed by atoms with Crippen LogP contribution in [0.1, 0.15) is 50.8 Å². The predicted octanol–water partition coefficient (Wildman–Crippen LogP) is 3.77. The average molecular weight is 262 g/mol. The van der Waals surface area contributed by atoms with Crippen LogP contribution < -0.4 is 5.32 Å². The minimum atomic E-state index is 0.426. The fraction of sp³-hybridized carbons (Fsp3) is 0.647. The zero-order chi connectivity index (χ0) is 14.3. The summed E-state index contributed by atoms with van der Waals surface area (Å²) in [5.74, 6) is 0. The second kappa shape index (κ2) is 8.34. The molecule has 0 heterocycles. The summed E-state index contributed by atoms with van der Waals surface area (Å²) < 4.78 is 0. The van der Waals surface area contributed by atoms with Crippen LogP contribution in [0, 0.1) is 6.92 Å². The molecule has 0 bridgehead atoms. The van der Waals surface area contributed by atoms with E-state index in [2.05, 4.69) is 69.2 Å². The lowest BCUT2D eigenvalue weighted by Gasteiger charge is -2.29. The molecule has 0 fully saturated rings. The van der Waals surface area contributed by atoms with Gasteiger partial charge in [-0.3, -0.25) is 0 Å². The van der Waals surface area contributed by atoms with E-state index in [-0.39, 0.29) is 0 Å². The Hall–Kier alpha value is -0.860. The molecule has 1 N–H and O–H groups in total. The van der Waals surface area contributed by atoms with Crippen molar-refractivity contribution >= 4 is 0 Å². The Bertz CT molecular complexity index is 345. The molecule has 2 heteroatoms. The number of rotatable bonds is 8. The van der Waals surface area contributed by atoms with Gasteiger partial charge >= 0.3 is 0 Å². The van der Waals surface area contributed by atoms with E-state index < -0.39 is 0 Å². The van der Waals surface area contributed by atoms with Gasteiger partial charge < -0.3 is 10.2 Å². The predicted molar refractivity (Wildman–Crippen MR) is 84.6 cm³/mol. The summed E-state index contributed by atoms with van der Waals surface area (Å²) in [7, 11) is 2.23. The van der Waals surface area contributed by atoms with E-state index in [0.29, 0.717) is 12.1 Å². The Morgan fingerprint density at radius 1 is 1.16 bits per heavy atom. The van der Waals surface area contributed by atoms with Crippen LogP contribution in [0.25, 0.3) is 0 Å². The van der Waals surface area contributed by atoms with Crippen molar-refractivity contribution in [2.75, 3.05) is 20.1 Å². The Morgan fingerprint density at radius 3 is 2.32 bits per heavy atom. The van der Waals surface area contributed by atoms with Gasteiger partial charge in [-0.25, -0.2) is 0 Å². The van der Waals surface area contributed by atoms with Crippen LogP contribution in [0.3, 0.4) is 0 Å². The third kappa shape index (κ3) is 5.33. The molecule has 2 nitrogen and oxygen atoms in total.